The van der Waals surface area contributed by atoms with Crippen LogP contribution in [0.15, 0.2) is 36.5 Å². The molecule has 0 saturated heterocycles. The van der Waals surface area contributed by atoms with E-state index in [4.69, 9.17) is 28.9 Å². The zero-order chi connectivity index (χ0) is 13.6. The summed E-state index contributed by atoms with van der Waals surface area (Å²) in [4.78, 5) is 4.53. The first-order chi connectivity index (χ1) is 9.04. The maximum absolute atomic E-state index is 6.15. The molecule has 0 amide bonds. The van der Waals surface area contributed by atoms with Crippen molar-refractivity contribution < 1.29 is 0 Å². The number of aryl methyl sites for hydroxylation is 1. The van der Waals surface area contributed by atoms with Crippen molar-refractivity contribution in [3.63, 3.8) is 0 Å². The van der Waals surface area contributed by atoms with Crippen LogP contribution in [0.1, 0.15) is 5.56 Å². The van der Waals surface area contributed by atoms with Crippen LogP contribution in [0.2, 0.25) is 10.0 Å². The summed E-state index contributed by atoms with van der Waals surface area (Å²) >= 11 is 12.0. The lowest BCUT2D eigenvalue weighted by Gasteiger charge is -2.02. The van der Waals surface area contributed by atoms with Crippen LogP contribution in [0.25, 0.3) is 16.9 Å². The molecular weight excluding hydrogens is 281 g/mol. The van der Waals surface area contributed by atoms with E-state index in [1.807, 2.05) is 29.7 Å². The molecule has 2 aromatic heterocycles. The van der Waals surface area contributed by atoms with Gasteiger partial charge in [0.1, 0.15) is 17.2 Å². The zero-order valence-corrected chi connectivity index (χ0v) is 11.7. The molecule has 5 heteroatoms. The summed E-state index contributed by atoms with van der Waals surface area (Å²) in [5, 5.41) is 1.13. The summed E-state index contributed by atoms with van der Waals surface area (Å²) in [6.07, 6.45) is 1.95. The van der Waals surface area contributed by atoms with Gasteiger partial charge in [0.15, 0.2) is 0 Å². The maximum atomic E-state index is 6.15. The van der Waals surface area contributed by atoms with Crippen LogP contribution in [0, 0.1) is 6.92 Å². The van der Waals surface area contributed by atoms with Gasteiger partial charge in [-0.25, -0.2) is 4.98 Å². The molecule has 0 saturated carbocycles. The fourth-order valence-electron chi connectivity index (χ4n) is 2.07. The molecule has 1 aromatic carbocycles. The minimum Gasteiger partial charge on any atom is -0.383 e. The number of rotatable bonds is 1. The molecule has 0 bridgehead atoms. The van der Waals surface area contributed by atoms with Crippen molar-refractivity contribution in [2.45, 2.75) is 6.92 Å². The Kier molecular flexibility index (Phi) is 2.88. The second kappa shape index (κ2) is 4.44. The molecule has 96 valence electrons. The van der Waals surface area contributed by atoms with Gasteiger partial charge in [-0.05, 0) is 36.8 Å². The third-order valence-corrected chi connectivity index (χ3v) is 3.38. The third kappa shape index (κ3) is 2.15. The predicted molar refractivity (Wildman–Crippen MR) is 79.8 cm³/mol. The molecule has 0 unspecified atom stereocenters. The first-order valence-electron chi connectivity index (χ1n) is 5.75. The number of fused-ring (bicyclic) bond motifs is 1. The largest absolute Gasteiger partial charge is 0.383 e. The Bertz CT molecular complexity index is 757. The highest BCUT2D eigenvalue weighted by Gasteiger charge is 2.12. The smallest absolute Gasteiger partial charge is 0.139 e. The van der Waals surface area contributed by atoms with Gasteiger partial charge in [0.05, 0.1) is 0 Å². The number of hydrogen-bond donors (Lipinski definition) is 1. The summed E-state index contributed by atoms with van der Waals surface area (Å²) in [5.41, 5.74) is 9.58. The molecule has 2 heterocycles. The van der Waals surface area contributed by atoms with E-state index in [1.54, 1.807) is 18.2 Å². The van der Waals surface area contributed by atoms with E-state index < -0.39 is 0 Å². The molecule has 0 aliphatic rings. The lowest BCUT2D eigenvalue weighted by molar-refractivity contribution is 1.16. The van der Waals surface area contributed by atoms with Crippen molar-refractivity contribution >= 4 is 34.7 Å². The van der Waals surface area contributed by atoms with Crippen LogP contribution in [0.3, 0.4) is 0 Å². The first kappa shape index (κ1) is 12.3. The Morgan fingerprint density at radius 1 is 1.11 bits per heavy atom. The highest BCUT2D eigenvalue weighted by Crippen LogP contribution is 2.31. The standard InChI is InChI=1S/C14H11Cl2N3/c1-8-2-3-12-18-13(14(17)19(12)7-8)9-4-10(15)6-11(16)5-9/h2-7H,17H2,1H3. The molecule has 2 N–H and O–H groups in total. The molecule has 19 heavy (non-hydrogen) atoms. The van der Waals surface area contributed by atoms with Gasteiger partial charge in [0.25, 0.3) is 0 Å². The molecule has 0 fully saturated rings. The van der Waals surface area contributed by atoms with Crippen LogP contribution in [0.4, 0.5) is 5.82 Å². The lowest BCUT2D eigenvalue weighted by atomic mass is 10.1. The Labute approximate surface area is 120 Å². The van der Waals surface area contributed by atoms with Crippen molar-refractivity contribution in [2.24, 2.45) is 0 Å². The molecule has 3 rings (SSSR count). The van der Waals surface area contributed by atoms with E-state index in [-0.39, 0.29) is 0 Å². The molecule has 0 aliphatic carbocycles. The average molecular weight is 292 g/mol. The lowest BCUT2D eigenvalue weighted by Crippen LogP contribution is -1.94. The van der Waals surface area contributed by atoms with Gasteiger partial charge >= 0.3 is 0 Å². The van der Waals surface area contributed by atoms with Crippen molar-refractivity contribution in [2.75, 3.05) is 5.73 Å². The van der Waals surface area contributed by atoms with Gasteiger partial charge in [-0.3, -0.25) is 4.40 Å². The van der Waals surface area contributed by atoms with Gasteiger partial charge in [0.2, 0.25) is 0 Å². The Hall–Kier alpha value is -1.71. The zero-order valence-electron chi connectivity index (χ0n) is 10.2. The van der Waals surface area contributed by atoms with E-state index in [0.717, 1.165) is 16.8 Å². The fourth-order valence-corrected chi connectivity index (χ4v) is 2.60. The number of imidazole rings is 1. The van der Waals surface area contributed by atoms with E-state index in [0.29, 0.717) is 21.6 Å². The number of aromatic nitrogens is 2. The number of nitrogen functional groups attached to an aromatic ring is 1. The summed E-state index contributed by atoms with van der Waals surface area (Å²) in [5.74, 6) is 0.581. The summed E-state index contributed by atoms with van der Waals surface area (Å²) in [6, 6.07) is 9.22. The van der Waals surface area contributed by atoms with Gasteiger partial charge in [-0.2, -0.15) is 0 Å². The highest BCUT2D eigenvalue weighted by molar-refractivity contribution is 6.35. The SMILES string of the molecule is Cc1ccc2nc(-c3cc(Cl)cc(Cl)c3)c(N)n2c1. The Morgan fingerprint density at radius 2 is 1.79 bits per heavy atom. The monoisotopic (exact) mass is 291 g/mol. The topological polar surface area (TPSA) is 43.3 Å². The average Bonchev–Trinajstić information content (AvgIpc) is 2.66. The van der Waals surface area contributed by atoms with Crippen molar-refractivity contribution in [1.82, 2.24) is 9.38 Å². The number of nitrogens with zero attached hydrogens (tertiary/aromatic N) is 2. The molecule has 3 nitrogen and oxygen atoms in total. The maximum Gasteiger partial charge on any atom is 0.139 e. The van der Waals surface area contributed by atoms with Crippen LogP contribution < -0.4 is 5.73 Å². The second-order valence-corrected chi connectivity index (χ2v) is 5.31. The van der Waals surface area contributed by atoms with E-state index in [1.165, 1.54) is 0 Å². The molecule has 0 radical (unpaired) electrons. The quantitative estimate of drug-likeness (QED) is 0.730. The normalized spacial score (nSPS) is 11.1. The second-order valence-electron chi connectivity index (χ2n) is 4.44. The molecule has 0 atom stereocenters. The summed E-state index contributed by atoms with van der Waals surface area (Å²) in [7, 11) is 0. The van der Waals surface area contributed by atoms with Gasteiger partial charge in [-0.15, -0.1) is 0 Å². The van der Waals surface area contributed by atoms with E-state index in [2.05, 4.69) is 4.98 Å². The van der Waals surface area contributed by atoms with E-state index in [9.17, 15) is 0 Å². The fraction of sp³-hybridized carbons (Fsp3) is 0.0714. The summed E-state index contributed by atoms with van der Waals surface area (Å²) < 4.78 is 1.86. The minimum absolute atomic E-state index is 0.565. The van der Waals surface area contributed by atoms with Gasteiger partial charge in [-0.1, -0.05) is 29.3 Å². The van der Waals surface area contributed by atoms with Gasteiger partial charge in [0, 0.05) is 21.8 Å². The highest BCUT2D eigenvalue weighted by atomic mass is 35.5. The number of pyridine rings is 1. The number of nitrogens with two attached hydrogens (primary N) is 1. The molecule has 3 aromatic rings. The van der Waals surface area contributed by atoms with Crippen molar-refractivity contribution in [1.29, 1.82) is 0 Å². The van der Waals surface area contributed by atoms with Crippen LogP contribution in [-0.4, -0.2) is 9.38 Å². The molecule has 0 aliphatic heterocycles. The van der Waals surface area contributed by atoms with Crippen molar-refractivity contribution in [3.8, 4) is 11.3 Å². The number of halogens is 2. The third-order valence-electron chi connectivity index (χ3n) is 2.94. The van der Waals surface area contributed by atoms with Gasteiger partial charge < -0.3 is 5.73 Å². The number of anilines is 1. The van der Waals surface area contributed by atoms with Crippen LogP contribution in [0.5, 0.6) is 0 Å². The molecular formula is C14H11Cl2N3. The van der Waals surface area contributed by atoms with Crippen LogP contribution >= 0.6 is 23.2 Å². The number of benzene rings is 1. The van der Waals surface area contributed by atoms with Crippen LogP contribution in [-0.2, 0) is 0 Å². The number of hydrogen-bond acceptors (Lipinski definition) is 2. The molecule has 0 spiro atoms. The first-order valence-corrected chi connectivity index (χ1v) is 6.51. The van der Waals surface area contributed by atoms with Crippen molar-refractivity contribution in [3.05, 3.63) is 52.1 Å². The van der Waals surface area contributed by atoms with E-state index >= 15 is 0 Å². The minimum atomic E-state index is 0.565. The predicted octanol–water partition coefficient (Wildman–Crippen LogP) is 4.20. The Balaban J connectivity index is 2.27. The summed E-state index contributed by atoms with van der Waals surface area (Å²) in [6.45, 7) is 2.01. The Morgan fingerprint density at radius 3 is 2.47 bits per heavy atom.